The summed E-state index contributed by atoms with van der Waals surface area (Å²) in [5.74, 6) is -0.862. The molecule has 0 fully saturated rings. The SMILES string of the molecule is CC(Oc1ccccc1[N+](=O)[O-])C(=O)Nc1ccccc1C(=O)NC(C)(C)C. The van der Waals surface area contributed by atoms with Gasteiger partial charge in [-0.3, -0.25) is 19.7 Å². The first-order valence-electron chi connectivity index (χ1n) is 8.71. The van der Waals surface area contributed by atoms with Crippen LogP contribution in [0.4, 0.5) is 11.4 Å². The molecule has 0 bridgehead atoms. The Bertz CT molecular complexity index is 889. The number of hydrogen-bond donors (Lipinski definition) is 2. The molecule has 0 spiro atoms. The smallest absolute Gasteiger partial charge is 0.310 e. The Morgan fingerprint density at radius 3 is 2.32 bits per heavy atom. The minimum absolute atomic E-state index is 0.00564. The van der Waals surface area contributed by atoms with Crippen LogP contribution in [0.3, 0.4) is 0 Å². The summed E-state index contributed by atoms with van der Waals surface area (Å²) < 4.78 is 5.47. The molecule has 0 aromatic heterocycles. The van der Waals surface area contributed by atoms with Crippen molar-refractivity contribution in [2.45, 2.75) is 39.3 Å². The molecule has 0 aliphatic rings. The molecule has 0 radical (unpaired) electrons. The van der Waals surface area contributed by atoms with E-state index >= 15 is 0 Å². The average Bonchev–Trinajstić information content (AvgIpc) is 2.60. The van der Waals surface area contributed by atoms with Gasteiger partial charge in [-0.1, -0.05) is 24.3 Å². The molecule has 8 nitrogen and oxygen atoms in total. The summed E-state index contributed by atoms with van der Waals surface area (Å²) in [6.45, 7) is 7.04. The molecule has 148 valence electrons. The Hall–Kier alpha value is -3.42. The lowest BCUT2D eigenvalue weighted by molar-refractivity contribution is -0.386. The third-order valence-corrected chi connectivity index (χ3v) is 3.65. The van der Waals surface area contributed by atoms with Gasteiger partial charge in [-0.25, -0.2) is 0 Å². The van der Waals surface area contributed by atoms with Gasteiger partial charge in [0.1, 0.15) is 0 Å². The molecule has 2 amide bonds. The number of para-hydroxylation sites is 3. The average molecular weight is 385 g/mol. The summed E-state index contributed by atoms with van der Waals surface area (Å²) in [7, 11) is 0. The van der Waals surface area contributed by atoms with Crippen molar-refractivity contribution in [2.75, 3.05) is 5.32 Å². The number of anilines is 1. The molecule has 1 unspecified atom stereocenters. The van der Waals surface area contributed by atoms with Crippen molar-refractivity contribution in [2.24, 2.45) is 0 Å². The van der Waals surface area contributed by atoms with E-state index in [4.69, 9.17) is 4.74 Å². The van der Waals surface area contributed by atoms with Gasteiger partial charge in [0, 0.05) is 11.6 Å². The topological polar surface area (TPSA) is 111 Å². The highest BCUT2D eigenvalue weighted by molar-refractivity contribution is 6.04. The number of rotatable bonds is 6. The number of nitro groups is 1. The molecule has 0 aliphatic carbocycles. The number of nitro benzene ring substituents is 1. The number of benzene rings is 2. The molecular weight excluding hydrogens is 362 g/mol. The number of hydrogen-bond acceptors (Lipinski definition) is 5. The second-order valence-corrected chi connectivity index (χ2v) is 7.22. The molecular formula is C20H23N3O5. The molecule has 28 heavy (non-hydrogen) atoms. The number of carbonyl (C=O) groups excluding carboxylic acids is 2. The minimum atomic E-state index is -1.01. The van der Waals surface area contributed by atoms with E-state index in [-0.39, 0.29) is 17.3 Å². The van der Waals surface area contributed by atoms with Crippen LogP contribution >= 0.6 is 0 Å². The van der Waals surface area contributed by atoms with Crippen molar-refractivity contribution in [3.63, 3.8) is 0 Å². The lowest BCUT2D eigenvalue weighted by atomic mass is 10.1. The lowest BCUT2D eigenvalue weighted by Crippen LogP contribution is -2.41. The van der Waals surface area contributed by atoms with Gasteiger partial charge in [-0.2, -0.15) is 0 Å². The van der Waals surface area contributed by atoms with Crippen LogP contribution < -0.4 is 15.4 Å². The van der Waals surface area contributed by atoms with Crippen LogP contribution in [0.15, 0.2) is 48.5 Å². The van der Waals surface area contributed by atoms with Crippen molar-refractivity contribution in [3.05, 3.63) is 64.2 Å². The Kier molecular flexibility index (Phi) is 6.35. The summed E-state index contributed by atoms with van der Waals surface area (Å²) in [6.07, 6.45) is -1.01. The van der Waals surface area contributed by atoms with Crippen LogP contribution in [0, 0.1) is 10.1 Å². The van der Waals surface area contributed by atoms with Crippen molar-refractivity contribution in [3.8, 4) is 5.75 Å². The summed E-state index contributed by atoms with van der Waals surface area (Å²) >= 11 is 0. The number of nitrogens with zero attached hydrogens (tertiary/aromatic N) is 1. The normalized spacial score (nSPS) is 12.0. The highest BCUT2D eigenvalue weighted by atomic mass is 16.6. The number of amides is 2. The predicted molar refractivity (Wildman–Crippen MR) is 105 cm³/mol. The fraction of sp³-hybridized carbons (Fsp3) is 0.300. The Morgan fingerprint density at radius 2 is 1.68 bits per heavy atom. The molecule has 0 aliphatic heterocycles. The second-order valence-electron chi connectivity index (χ2n) is 7.22. The van der Waals surface area contributed by atoms with E-state index in [1.54, 1.807) is 30.3 Å². The summed E-state index contributed by atoms with van der Waals surface area (Å²) in [4.78, 5) is 35.5. The van der Waals surface area contributed by atoms with Gasteiger partial charge in [-0.15, -0.1) is 0 Å². The van der Waals surface area contributed by atoms with Gasteiger partial charge in [-0.05, 0) is 45.9 Å². The van der Waals surface area contributed by atoms with Gasteiger partial charge >= 0.3 is 5.69 Å². The van der Waals surface area contributed by atoms with Crippen molar-refractivity contribution >= 4 is 23.2 Å². The van der Waals surface area contributed by atoms with Crippen molar-refractivity contribution < 1.29 is 19.2 Å². The maximum Gasteiger partial charge on any atom is 0.310 e. The standard InChI is InChI=1S/C20H23N3O5/c1-13(28-17-12-8-7-11-16(17)23(26)27)18(24)21-15-10-6-5-9-14(15)19(25)22-20(2,3)4/h5-13H,1-4H3,(H,21,24)(H,22,25). The van der Waals surface area contributed by atoms with E-state index in [9.17, 15) is 19.7 Å². The molecule has 2 N–H and O–H groups in total. The number of ether oxygens (including phenoxy) is 1. The van der Waals surface area contributed by atoms with E-state index in [0.29, 0.717) is 11.3 Å². The van der Waals surface area contributed by atoms with Crippen LogP contribution in [0.5, 0.6) is 5.75 Å². The van der Waals surface area contributed by atoms with Gasteiger partial charge in [0.05, 0.1) is 16.2 Å². The van der Waals surface area contributed by atoms with Crippen LogP contribution in [-0.4, -0.2) is 28.4 Å². The molecule has 8 heteroatoms. The monoisotopic (exact) mass is 385 g/mol. The zero-order valence-electron chi connectivity index (χ0n) is 16.2. The third kappa shape index (κ3) is 5.54. The Balaban J connectivity index is 2.15. The van der Waals surface area contributed by atoms with E-state index in [1.165, 1.54) is 25.1 Å². The van der Waals surface area contributed by atoms with Crippen LogP contribution in [0.25, 0.3) is 0 Å². The highest BCUT2D eigenvalue weighted by Gasteiger charge is 2.23. The molecule has 0 saturated carbocycles. The fourth-order valence-corrected chi connectivity index (χ4v) is 2.38. The fourth-order valence-electron chi connectivity index (χ4n) is 2.38. The quantitative estimate of drug-likeness (QED) is 0.584. The van der Waals surface area contributed by atoms with Gasteiger partial charge in [0.15, 0.2) is 11.9 Å². The molecule has 2 aromatic carbocycles. The molecule has 2 aromatic rings. The van der Waals surface area contributed by atoms with E-state index in [0.717, 1.165) is 0 Å². The van der Waals surface area contributed by atoms with Gasteiger partial charge < -0.3 is 15.4 Å². The maximum atomic E-state index is 12.5. The zero-order valence-corrected chi connectivity index (χ0v) is 16.2. The summed E-state index contributed by atoms with van der Waals surface area (Å²) in [5, 5.41) is 16.6. The summed E-state index contributed by atoms with van der Waals surface area (Å²) in [5.41, 5.74) is -0.0281. The number of carbonyl (C=O) groups is 2. The third-order valence-electron chi connectivity index (χ3n) is 3.65. The second kappa shape index (κ2) is 8.51. The van der Waals surface area contributed by atoms with Gasteiger partial charge in [0.2, 0.25) is 0 Å². The zero-order chi connectivity index (χ0) is 20.9. The Labute approximate surface area is 163 Å². The minimum Gasteiger partial charge on any atom is -0.474 e. The lowest BCUT2D eigenvalue weighted by Gasteiger charge is -2.22. The van der Waals surface area contributed by atoms with Gasteiger partial charge in [0.25, 0.3) is 11.8 Å². The van der Waals surface area contributed by atoms with Crippen molar-refractivity contribution in [1.29, 1.82) is 0 Å². The molecule has 1 atom stereocenters. The van der Waals surface area contributed by atoms with Crippen LogP contribution in [0.1, 0.15) is 38.1 Å². The summed E-state index contributed by atoms with van der Waals surface area (Å²) in [6, 6.07) is 12.4. The molecule has 0 saturated heterocycles. The first-order valence-corrected chi connectivity index (χ1v) is 8.71. The largest absolute Gasteiger partial charge is 0.474 e. The van der Waals surface area contributed by atoms with E-state index in [1.807, 2.05) is 20.8 Å². The predicted octanol–water partition coefficient (Wildman–Crippen LogP) is 3.53. The van der Waals surface area contributed by atoms with E-state index in [2.05, 4.69) is 10.6 Å². The first kappa shape index (κ1) is 20.9. The van der Waals surface area contributed by atoms with Crippen LogP contribution in [-0.2, 0) is 4.79 Å². The van der Waals surface area contributed by atoms with E-state index < -0.39 is 22.5 Å². The highest BCUT2D eigenvalue weighted by Crippen LogP contribution is 2.27. The molecule has 0 heterocycles. The first-order chi connectivity index (χ1) is 13.1. The van der Waals surface area contributed by atoms with Crippen LogP contribution in [0.2, 0.25) is 0 Å². The van der Waals surface area contributed by atoms with Crippen molar-refractivity contribution in [1.82, 2.24) is 5.32 Å². The maximum absolute atomic E-state index is 12.5. The molecule has 2 rings (SSSR count). The Morgan fingerprint density at radius 1 is 1.07 bits per heavy atom. The number of nitrogens with one attached hydrogen (secondary N) is 2.